The first-order valence-electron chi connectivity index (χ1n) is 10.5. The molecule has 2 aromatic carbocycles. The molecule has 2 aromatic rings. The van der Waals surface area contributed by atoms with E-state index in [2.05, 4.69) is 11.7 Å². The van der Waals surface area contributed by atoms with Gasteiger partial charge < -0.3 is 4.74 Å². The summed E-state index contributed by atoms with van der Waals surface area (Å²) in [6.45, 7) is 2.20. The Morgan fingerprint density at radius 1 is 0.968 bits per heavy atom. The van der Waals surface area contributed by atoms with E-state index in [4.69, 9.17) is 5.26 Å². The number of benzene rings is 2. The number of aryl methyl sites for hydroxylation is 1. The van der Waals surface area contributed by atoms with Crippen molar-refractivity contribution in [2.75, 3.05) is 0 Å². The molecule has 7 heteroatoms. The van der Waals surface area contributed by atoms with E-state index < -0.39 is 40.4 Å². The van der Waals surface area contributed by atoms with Crippen LogP contribution in [0.15, 0.2) is 30.3 Å². The summed E-state index contributed by atoms with van der Waals surface area (Å²) in [6.07, 6.45) is 3.21. The number of rotatable bonds is 7. The lowest BCUT2D eigenvalue weighted by molar-refractivity contribution is -0.187. The maximum absolute atomic E-state index is 14.5. The molecule has 166 valence electrons. The number of alkyl halides is 2. The van der Waals surface area contributed by atoms with Crippen LogP contribution < -0.4 is 4.74 Å². The predicted molar refractivity (Wildman–Crippen MR) is 106 cm³/mol. The molecule has 0 heterocycles. The van der Waals surface area contributed by atoms with E-state index in [0.29, 0.717) is 30.0 Å². The standard InChI is InChI=1S/C24H24F5NO/c1-2-15-3-5-16(6-4-15)7-8-17-9-10-20(23(27)11-17)24(28,29)31-18-12-21(25)19(14-30)22(26)13-18/h9-13,15-16H,2-8H2,1H3. The highest BCUT2D eigenvalue weighted by Gasteiger charge is 2.38. The smallest absolute Gasteiger partial charge is 0.429 e. The minimum absolute atomic E-state index is 0.467. The molecule has 1 aliphatic carbocycles. The lowest BCUT2D eigenvalue weighted by Crippen LogP contribution is -2.24. The molecule has 0 radical (unpaired) electrons. The largest absolute Gasteiger partial charge is 0.429 e. The molecule has 31 heavy (non-hydrogen) atoms. The third-order valence-electron chi connectivity index (χ3n) is 6.11. The van der Waals surface area contributed by atoms with Crippen LogP contribution in [-0.4, -0.2) is 0 Å². The molecule has 0 atom stereocenters. The third-order valence-corrected chi connectivity index (χ3v) is 6.11. The van der Waals surface area contributed by atoms with E-state index in [1.165, 1.54) is 31.4 Å². The summed E-state index contributed by atoms with van der Waals surface area (Å²) in [5.41, 5.74) is -1.32. The molecule has 3 rings (SSSR count). The maximum Gasteiger partial charge on any atom is 0.429 e. The normalized spacial score (nSPS) is 19.1. The van der Waals surface area contributed by atoms with Gasteiger partial charge in [-0.2, -0.15) is 14.0 Å². The molecule has 0 amide bonds. The highest BCUT2D eigenvalue weighted by atomic mass is 19.3. The van der Waals surface area contributed by atoms with Gasteiger partial charge in [-0.25, -0.2) is 13.2 Å². The number of hydrogen-bond donors (Lipinski definition) is 0. The summed E-state index contributed by atoms with van der Waals surface area (Å²) >= 11 is 0. The fraction of sp³-hybridized carbons (Fsp3) is 0.458. The molecule has 0 N–H and O–H groups in total. The zero-order valence-corrected chi connectivity index (χ0v) is 17.2. The molecule has 0 spiro atoms. The van der Waals surface area contributed by atoms with E-state index in [9.17, 15) is 22.0 Å². The van der Waals surface area contributed by atoms with Gasteiger partial charge in [0.25, 0.3) is 0 Å². The topological polar surface area (TPSA) is 33.0 Å². The van der Waals surface area contributed by atoms with Crippen molar-refractivity contribution in [3.8, 4) is 11.8 Å². The van der Waals surface area contributed by atoms with E-state index in [1.54, 1.807) is 0 Å². The molecule has 1 aliphatic rings. The van der Waals surface area contributed by atoms with Gasteiger partial charge in [0.05, 0.1) is 5.56 Å². The molecule has 0 aromatic heterocycles. The lowest BCUT2D eigenvalue weighted by Gasteiger charge is -2.27. The van der Waals surface area contributed by atoms with Gasteiger partial charge in [0.1, 0.15) is 34.8 Å². The van der Waals surface area contributed by atoms with Crippen LogP contribution in [0.1, 0.15) is 62.1 Å². The minimum Gasteiger partial charge on any atom is -0.429 e. The quantitative estimate of drug-likeness (QED) is 0.427. The van der Waals surface area contributed by atoms with Crippen LogP contribution in [0.5, 0.6) is 5.75 Å². The van der Waals surface area contributed by atoms with Gasteiger partial charge in [-0.05, 0) is 42.4 Å². The third kappa shape index (κ3) is 5.55. The van der Waals surface area contributed by atoms with Crippen LogP contribution in [0.4, 0.5) is 22.0 Å². The fourth-order valence-corrected chi connectivity index (χ4v) is 4.17. The second-order valence-corrected chi connectivity index (χ2v) is 8.14. The van der Waals surface area contributed by atoms with E-state index in [-0.39, 0.29) is 0 Å². The average Bonchev–Trinajstić information content (AvgIpc) is 2.72. The number of halogens is 5. The van der Waals surface area contributed by atoms with Crippen molar-refractivity contribution in [1.29, 1.82) is 5.26 Å². The van der Waals surface area contributed by atoms with Crippen LogP contribution in [0.2, 0.25) is 0 Å². The molecule has 0 unspecified atom stereocenters. The molecular weight excluding hydrogens is 413 g/mol. The SMILES string of the molecule is CCC1CCC(CCc2ccc(C(F)(F)Oc3cc(F)c(C#N)c(F)c3)c(F)c2)CC1. The number of nitrogens with zero attached hydrogens (tertiary/aromatic N) is 1. The van der Waals surface area contributed by atoms with Gasteiger partial charge in [0.15, 0.2) is 0 Å². The second kappa shape index (κ2) is 9.67. The Hall–Kier alpha value is -2.62. The summed E-state index contributed by atoms with van der Waals surface area (Å²) in [5, 5.41) is 8.64. The molecule has 0 aliphatic heterocycles. The van der Waals surface area contributed by atoms with Gasteiger partial charge in [0, 0.05) is 12.1 Å². The Morgan fingerprint density at radius 3 is 2.13 bits per heavy atom. The van der Waals surface area contributed by atoms with Crippen molar-refractivity contribution in [3.63, 3.8) is 0 Å². The minimum atomic E-state index is -4.14. The van der Waals surface area contributed by atoms with Crippen molar-refractivity contribution in [2.24, 2.45) is 11.8 Å². The van der Waals surface area contributed by atoms with E-state index in [1.807, 2.05) is 0 Å². The first-order chi connectivity index (χ1) is 14.7. The zero-order valence-electron chi connectivity index (χ0n) is 17.2. The molecule has 2 nitrogen and oxygen atoms in total. The summed E-state index contributed by atoms with van der Waals surface area (Å²) in [5.74, 6) is -3.31. The number of nitriles is 1. The molecule has 0 saturated heterocycles. The van der Waals surface area contributed by atoms with Gasteiger partial charge in [-0.15, -0.1) is 0 Å². The van der Waals surface area contributed by atoms with Crippen LogP contribution in [-0.2, 0) is 12.5 Å². The molecular formula is C24H24F5NO. The van der Waals surface area contributed by atoms with Crippen molar-refractivity contribution < 1.29 is 26.7 Å². The van der Waals surface area contributed by atoms with Crippen molar-refractivity contribution in [3.05, 3.63) is 64.5 Å². The van der Waals surface area contributed by atoms with E-state index in [0.717, 1.165) is 37.3 Å². The maximum atomic E-state index is 14.5. The summed E-state index contributed by atoms with van der Waals surface area (Å²) < 4.78 is 75.0. The first-order valence-corrected chi connectivity index (χ1v) is 10.5. The Kier molecular flexibility index (Phi) is 7.19. The van der Waals surface area contributed by atoms with Gasteiger partial charge in [-0.3, -0.25) is 0 Å². The Balaban J connectivity index is 1.66. The second-order valence-electron chi connectivity index (χ2n) is 8.14. The lowest BCUT2D eigenvalue weighted by atomic mass is 9.78. The predicted octanol–water partition coefficient (Wildman–Crippen LogP) is 7.25. The van der Waals surface area contributed by atoms with Crippen LogP contribution in [0.25, 0.3) is 0 Å². The van der Waals surface area contributed by atoms with Crippen LogP contribution >= 0.6 is 0 Å². The Labute approximate surface area is 178 Å². The Bertz CT molecular complexity index is 938. The van der Waals surface area contributed by atoms with Gasteiger partial charge in [-0.1, -0.05) is 45.1 Å². The summed E-state index contributed by atoms with van der Waals surface area (Å²) in [4.78, 5) is 0. The first kappa shape index (κ1) is 23.1. The Morgan fingerprint density at radius 2 is 1.58 bits per heavy atom. The highest BCUT2D eigenvalue weighted by molar-refractivity contribution is 5.38. The zero-order chi connectivity index (χ0) is 22.6. The van der Waals surface area contributed by atoms with Crippen LogP contribution in [0.3, 0.4) is 0 Å². The van der Waals surface area contributed by atoms with Crippen molar-refractivity contribution in [1.82, 2.24) is 0 Å². The number of ether oxygens (including phenoxy) is 1. The van der Waals surface area contributed by atoms with Gasteiger partial charge >= 0.3 is 6.11 Å². The molecule has 1 fully saturated rings. The van der Waals surface area contributed by atoms with Crippen molar-refractivity contribution >= 4 is 0 Å². The molecule has 0 bridgehead atoms. The summed E-state index contributed by atoms with van der Waals surface area (Å²) in [7, 11) is 0. The number of hydrogen-bond acceptors (Lipinski definition) is 2. The van der Waals surface area contributed by atoms with Crippen LogP contribution in [0, 0.1) is 40.6 Å². The fourth-order valence-electron chi connectivity index (χ4n) is 4.17. The average molecular weight is 437 g/mol. The summed E-state index contributed by atoms with van der Waals surface area (Å²) in [6, 6.07) is 5.65. The van der Waals surface area contributed by atoms with Crippen molar-refractivity contribution in [2.45, 2.75) is 58.0 Å². The van der Waals surface area contributed by atoms with Gasteiger partial charge in [0.2, 0.25) is 0 Å². The molecule has 1 saturated carbocycles. The monoisotopic (exact) mass is 437 g/mol. The highest BCUT2D eigenvalue weighted by Crippen LogP contribution is 2.36. The van der Waals surface area contributed by atoms with E-state index >= 15 is 0 Å².